The molecule has 0 unspecified atom stereocenters. The normalized spacial score (nSPS) is 16.3. The molecule has 5 nitrogen and oxygen atoms in total. The quantitative estimate of drug-likeness (QED) is 0.757. The van der Waals surface area contributed by atoms with Crippen LogP contribution in [0.4, 0.5) is 4.79 Å². The number of rotatable bonds is 6. The van der Waals surface area contributed by atoms with Crippen LogP contribution in [0.5, 0.6) is 0 Å². The second-order valence-electron chi connectivity index (χ2n) is 6.44. The van der Waals surface area contributed by atoms with Gasteiger partial charge in [-0.15, -0.1) is 0 Å². The number of benzene rings is 2. The third kappa shape index (κ3) is 4.18. The third-order valence-electron chi connectivity index (χ3n) is 4.76. The van der Waals surface area contributed by atoms with Gasteiger partial charge in [-0.05, 0) is 29.9 Å². The average molecular weight is 337 g/mol. The first-order valence-electron chi connectivity index (χ1n) is 8.61. The highest BCUT2D eigenvalue weighted by Gasteiger charge is 2.30. The summed E-state index contributed by atoms with van der Waals surface area (Å²) in [6.45, 7) is 0. The van der Waals surface area contributed by atoms with E-state index in [1.54, 1.807) is 12.1 Å². The van der Waals surface area contributed by atoms with Gasteiger partial charge in [0, 0.05) is 0 Å². The molecule has 1 aliphatic carbocycles. The fourth-order valence-electron chi connectivity index (χ4n) is 3.19. The highest BCUT2D eigenvalue weighted by atomic mass is 16.2. The van der Waals surface area contributed by atoms with E-state index in [4.69, 9.17) is 5.73 Å². The number of carbonyl (C=O) groups excluding carboxylic acids is 2. The van der Waals surface area contributed by atoms with Gasteiger partial charge in [-0.3, -0.25) is 4.79 Å². The van der Waals surface area contributed by atoms with Crippen molar-refractivity contribution >= 4 is 11.9 Å². The standard InChI is InChI=1S/C20H23N3O2/c21-19(24)18(16-10-5-2-6-11-16)23-20(25)22-17(15-12-7-13-15)14-8-3-1-4-9-14/h1-6,8-11,15,17-18H,7,12-13H2,(H2,21,24)(H2,22,23,25)/t17-,18-/m0/s1. The Balaban J connectivity index is 1.71. The van der Waals surface area contributed by atoms with Crippen LogP contribution in [-0.4, -0.2) is 11.9 Å². The topological polar surface area (TPSA) is 84.2 Å². The van der Waals surface area contributed by atoms with Crippen molar-refractivity contribution in [3.05, 3.63) is 71.8 Å². The van der Waals surface area contributed by atoms with Crippen molar-refractivity contribution in [3.63, 3.8) is 0 Å². The van der Waals surface area contributed by atoms with Gasteiger partial charge < -0.3 is 16.4 Å². The number of nitrogens with two attached hydrogens (primary N) is 1. The first-order valence-corrected chi connectivity index (χ1v) is 8.61. The van der Waals surface area contributed by atoms with Crippen LogP contribution in [0.2, 0.25) is 0 Å². The van der Waals surface area contributed by atoms with Crippen LogP contribution in [-0.2, 0) is 4.79 Å². The fraction of sp³-hybridized carbons (Fsp3) is 0.300. The van der Waals surface area contributed by atoms with E-state index in [0.29, 0.717) is 11.5 Å². The Bertz CT molecular complexity index is 714. The first kappa shape index (κ1) is 17.0. The predicted octanol–water partition coefficient (Wildman–Crippen LogP) is 3.05. The molecule has 25 heavy (non-hydrogen) atoms. The molecule has 1 aliphatic rings. The zero-order valence-corrected chi connectivity index (χ0v) is 14.0. The summed E-state index contributed by atoms with van der Waals surface area (Å²) < 4.78 is 0. The van der Waals surface area contributed by atoms with Gasteiger partial charge >= 0.3 is 6.03 Å². The Morgan fingerprint density at radius 2 is 1.44 bits per heavy atom. The molecule has 4 N–H and O–H groups in total. The molecule has 130 valence electrons. The molecule has 0 heterocycles. The lowest BCUT2D eigenvalue weighted by Crippen LogP contribution is -2.46. The number of hydrogen-bond donors (Lipinski definition) is 3. The van der Waals surface area contributed by atoms with Crippen molar-refractivity contribution in [2.45, 2.75) is 31.3 Å². The number of carbonyl (C=O) groups is 2. The maximum absolute atomic E-state index is 12.5. The largest absolute Gasteiger partial charge is 0.368 e. The second kappa shape index (κ2) is 7.83. The molecule has 0 aromatic heterocycles. The summed E-state index contributed by atoms with van der Waals surface area (Å²) in [6, 6.07) is 17.7. The van der Waals surface area contributed by atoms with Crippen LogP contribution in [0, 0.1) is 5.92 Å². The molecule has 0 radical (unpaired) electrons. The molecule has 0 aliphatic heterocycles. The summed E-state index contributed by atoms with van der Waals surface area (Å²) in [6.07, 6.45) is 3.38. The lowest BCUT2D eigenvalue weighted by molar-refractivity contribution is -0.119. The van der Waals surface area contributed by atoms with Crippen LogP contribution in [0.15, 0.2) is 60.7 Å². The number of hydrogen-bond acceptors (Lipinski definition) is 2. The van der Waals surface area contributed by atoms with Gasteiger partial charge in [-0.1, -0.05) is 67.1 Å². The van der Waals surface area contributed by atoms with Crippen molar-refractivity contribution in [3.8, 4) is 0 Å². The summed E-state index contributed by atoms with van der Waals surface area (Å²) >= 11 is 0. The summed E-state index contributed by atoms with van der Waals surface area (Å²) in [5, 5.41) is 5.74. The zero-order chi connectivity index (χ0) is 17.6. The number of urea groups is 1. The summed E-state index contributed by atoms with van der Waals surface area (Å²) in [7, 11) is 0. The lowest BCUT2D eigenvalue weighted by Gasteiger charge is -2.35. The van der Waals surface area contributed by atoms with Crippen LogP contribution >= 0.6 is 0 Å². The Morgan fingerprint density at radius 3 is 1.92 bits per heavy atom. The first-order chi connectivity index (χ1) is 12.1. The minimum absolute atomic E-state index is 0.0563. The van der Waals surface area contributed by atoms with Crippen molar-refractivity contribution in [1.29, 1.82) is 0 Å². The van der Waals surface area contributed by atoms with Gasteiger partial charge in [0.15, 0.2) is 0 Å². The minimum Gasteiger partial charge on any atom is -0.368 e. The summed E-state index contributed by atoms with van der Waals surface area (Å²) in [4.78, 5) is 24.3. The highest BCUT2D eigenvalue weighted by molar-refractivity contribution is 5.87. The fourth-order valence-corrected chi connectivity index (χ4v) is 3.19. The van der Waals surface area contributed by atoms with E-state index >= 15 is 0 Å². The monoisotopic (exact) mass is 337 g/mol. The van der Waals surface area contributed by atoms with E-state index in [9.17, 15) is 9.59 Å². The average Bonchev–Trinajstić information content (AvgIpc) is 2.59. The maximum Gasteiger partial charge on any atom is 0.316 e. The molecule has 2 atom stereocenters. The molecule has 1 fully saturated rings. The van der Waals surface area contributed by atoms with E-state index in [2.05, 4.69) is 10.6 Å². The van der Waals surface area contributed by atoms with Crippen LogP contribution in [0.1, 0.15) is 42.5 Å². The summed E-state index contributed by atoms with van der Waals surface area (Å²) in [5.41, 5.74) is 7.23. The van der Waals surface area contributed by atoms with Crippen molar-refractivity contribution in [2.75, 3.05) is 0 Å². The molecular formula is C20H23N3O2. The van der Waals surface area contributed by atoms with Gasteiger partial charge in [0.1, 0.15) is 6.04 Å². The van der Waals surface area contributed by atoms with Crippen LogP contribution in [0.25, 0.3) is 0 Å². The Labute approximate surface area is 147 Å². The van der Waals surface area contributed by atoms with Crippen molar-refractivity contribution in [2.24, 2.45) is 11.7 Å². The minimum atomic E-state index is -0.848. The smallest absolute Gasteiger partial charge is 0.316 e. The van der Waals surface area contributed by atoms with E-state index in [1.807, 2.05) is 48.5 Å². The van der Waals surface area contributed by atoms with Crippen LogP contribution in [0.3, 0.4) is 0 Å². The van der Waals surface area contributed by atoms with Gasteiger partial charge in [0.25, 0.3) is 0 Å². The Morgan fingerprint density at radius 1 is 0.880 bits per heavy atom. The van der Waals surface area contributed by atoms with E-state index in [1.165, 1.54) is 6.42 Å². The Hall–Kier alpha value is -2.82. The van der Waals surface area contributed by atoms with Crippen LogP contribution < -0.4 is 16.4 Å². The SMILES string of the molecule is NC(=O)[C@@H](NC(=O)N[C@@H](c1ccccc1)C1CCC1)c1ccccc1. The maximum atomic E-state index is 12.5. The van der Waals surface area contributed by atoms with Gasteiger partial charge in [0.2, 0.25) is 5.91 Å². The number of primary amides is 1. The Kier molecular flexibility index (Phi) is 5.33. The van der Waals surface area contributed by atoms with Crippen molar-refractivity contribution < 1.29 is 9.59 Å². The number of nitrogens with one attached hydrogen (secondary N) is 2. The number of amides is 3. The highest BCUT2D eigenvalue weighted by Crippen LogP contribution is 2.37. The lowest BCUT2D eigenvalue weighted by atomic mass is 9.77. The molecule has 0 saturated heterocycles. The van der Waals surface area contributed by atoms with Gasteiger partial charge in [0.05, 0.1) is 6.04 Å². The molecule has 2 aromatic rings. The third-order valence-corrected chi connectivity index (χ3v) is 4.76. The molecule has 2 aromatic carbocycles. The molecule has 0 spiro atoms. The van der Waals surface area contributed by atoms with Crippen molar-refractivity contribution in [1.82, 2.24) is 10.6 Å². The molecule has 1 saturated carbocycles. The molecule has 5 heteroatoms. The molecule has 3 amide bonds. The van der Waals surface area contributed by atoms with E-state index < -0.39 is 11.9 Å². The molecular weight excluding hydrogens is 314 g/mol. The van der Waals surface area contributed by atoms with Gasteiger partial charge in [-0.2, -0.15) is 0 Å². The summed E-state index contributed by atoms with van der Waals surface area (Å²) in [5.74, 6) is -0.154. The molecule has 3 rings (SSSR count). The van der Waals surface area contributed by atoms with Gasteiger partial charge in [-0.25, -0.2) is 4.79 Å². The van der Waals surface area contributed by atoms with E-state index in [0.717, 1.165) is 18.4 Å². The second-order valence-corrected chi connectivity index (χ2v) is 6.44. The predicted molar refractivity (Wildman–Crippen MR) is 96.6 cm³/mol. The molecule has 0 bridgehead atoms. The van der Waals surface area contributed by atoms with E-state index in [-0.39, 0.29) is 12.1 Å². The zero-order valence-electron chi connectivity index (χ0n) is 14.0.